The Balaban J connectivity index is 1.78. The van der Waals surface area contributed by atoms with Crippen molar-refractivity contribution < 1.29 is 14.3 Å². The number of nitrogens with one attached hydrogen (secondary N) is 2. The molecule has 1 saturated carbocycles. The SMILES string of the molecule is CNC(=O)c1cc(C(=O)NC2CCC2)cc2c1O[C@H](C)[C@H]2c1ccccc1. The van der Waals surface area contributed by atoms with Gasteiger partial charge in [-0.25, -0.2) is 0 Å². The summed E-state index contributed by atoms with van der Waals surface area (Å²) in [6, 6.07) is 13.8. The minimum atomic E-state index is -0.245. The summed E-state index contributed by atoms with van der Waals surface area (Å²) in [7, 11) is 1.59. The van der Waals surface area contributed by atoms with Gasteiger partial charge in [-0.2, -0.15) is 0 Å². The average molecular weight is 364 g/mol. The predicted molar refractivity (Wildman–Crippen MR) is 103 cm³/mol. The predicted octanol–water partition coefficient (Wildman–Crippen LogP) is 3.24. The highest BCUT2D eigenvalue weighted by Crippen LogP contribution is 2.44. The molecule has 2 atom stereocenters. The Morgan fingerprint density at radius 3 is 2.44 bits per heavy atom. The van der Waals surface area contributed by atoms with E-state index in [4.69, 9.17) is 4.74 Å². The molecule has 1 fully saturated rings. The Bertz CT molecular complexity index is 875. The summed E-state index contributed by atoms with van der Waals surface area (Å²) in [5, 5.41) is 5.72. The first-order valence-electron chi connectivity index (χ1n) is 9.51. The van der Waals surface area contributed by atoms with E-state index in [-0.39, 0.29) is 29.9 Å². The van der Waals surface area contributed by atoms with Crippen molar-refractivity contribution in [1.82, 2.24) is 10.6 Å². The fraction of sp³-hybridized carbons (Fsp3) is 0.364. The van der Waals surface area contributed by atoms with E-state index in [1.54, 1.807) is 13.1 Å². The Morgan fingerprint density at radius 2 is 1.81 bits per heavy atom. The van der Waals surface area contributed by atoms with Gasteiger partial charge in [-0.1, -0.05) is 30.3 Å². The molecule has 4 rings (SSSR count). The van der Waals surface area contributed by atoms with Crippen LogP contribution in [0.1, 0.15) is 63.9 Å². The highest BCUT2D eigenvalue weighted by atomic mass is 16.5. The van der Waals surface area contributed by atoms with Crippen molar-refractivity contribution in [1.29, 1.82) is 0 Å². The molecule has 2 aromatic carbocycles. The maximum atomic E-state index is 12.8. The Morgan fingerprint density at radius 1 is 1.07 bits per heavy atom. The second-order valence-electron chi connectivity index (χ2n) is 7.33. The van der Waals surface area contributed by atoms with E-state index >= 15 is 0 Å². The molecule has 0 unspecified atom stereocenters. The van der Waals surface area contributed by atoms with Crippen LogP contribution in [0.5, 0.6) is 5.75 Å². The first-order chi connectivity index (χ1) is 13.1. The molecule has 0 radical (unpaired) electrons. The number of carbonyl (C=O) groups excluding carboxylic acids is 2. The number of hydrogen-bond acceptors (Lipinski definition) is 3. The van der Waals surface area contributed by atoms with E-state index in [1.807, 2.05) is 31.2 Å². The molecule has 5 heteroatoms. The lowest BCUT2D eigenvalue weighted by atomic mass is 9.86. The lowest BCUT2D eigenvalue weighted by molar-refractivity contribution is 0.0917. The van der Waals surface area contributed by atoms with Gasteiger partial charge < -0.3 is 15.4 Å². The largest absolute Gasteiger partial charge is 0.489 e. The summed E-state index contributed by atoms with van der Waals surface area (Å²) in [5.41, 5.74) is 2.94. The van der Waals surface area contributed by atoms with Crippen LogP contribution >= 0.6 is 0 Å². The summed E-state index contributed by atoms with van der Waals surface area (Å²) in [4.78, 5) is 25.2. The third kappa shape index (κ3) is 3.18. The highest BCUT2D eigenvalue weighted by molar-refractivity contribution is 6.02. The summed E-state index contributed by atoms with van der Waals surface area (Å²) in [6.45, 7) is 2.00. The van der Waals surface area contributed by atoms with Crippen LogP contribution in [0.3, 0.4) is 0 Å². The van der Waals surface area contributed by atoms with E-state index < -0.39 is 0 Å². The molecule has 0 aromatic heterocycles. The normalized spacial score (nSPS) is 21.0. The highest BCUT2D eigenvalue weighted by Gasteiger charge is 2.36. The van der Waals surface area contributed by atoms with E-state index in [2.05, 4.69) is 22.8 Å². The second-order valence-corrected chi connectivity index (χ2v) is 7.33. The van der Waals surface area contributed by atoms with Gasteiger partial charge in [0.05, 0.1) is 5.56 Å². The van der Waals surface area contributed by atoms with Crippen LogP contribution in [0.2, 0.25) is 0 Å². The molecule has 1 aliphatic carbocycles. The fourth-order valence-electron chi connectivity index (χ4n) is 3.89. The molecular formula is C22H24N2O3. The maximum Gasteiger partial charge on any atom is 0.254 e. The number of amides is 2. The molecule has 2 amide bonds. The minimum Gasteiger partial charge on any atom is -0.489 e. The molecule has 2 aliphatic rings. The van der Waals surface area contributed by atoms with Gasteiger partial charge in [0.1, 0.15) is 11.9 Å². The van der Waals surface area contributed by atoms with E-state index in [0.717, 1.165) is 30.4 Å². The molecule has 2 N–H and O–H groups in total. The Kier molecular flexibility index (Phi) is 4.60. The number of hydrogen-bond donors (Lipinski definition) is 2. The Labute approximate surface area is 159 Å². The van der Waals surface area contributed by atoms with Crippen molar-refractivity contribution in [2.75, 3.05) is 7.05 Å². The third-order valence-corrected chi connectivity index (χ3v) is 5.56. The van der Waals surface area contributed by atoms with Crippen LogP contribution in [-0.4, -0.2) is 31.0 Å². The first kappa shape index (κ1) is 17.6. The lowest BCUT2D eigenvalue weighted by Gasteiger charge is -2.26. The standard InChI is InChI=1S/C22H24N2O3/c1-13-19(14-7-4-3-5-8-14)17-11-15(21(25)24-16-9-6-10-16)12-18(20(17)27-13)22(26)23-2/h3-5,7-8,11-13,16,19H,6,9-10H2,1-2H3,(H,23,26)(H,24,25)/t13-,19+/m1/s1. The average Bonchev–Trinajstić information content (AvgIpc) is 2.99. The number of fused-ring (bicyclic) bond motifs is 1. The molecule has 27 heavy (non-hydrogen) atoms. The van der Waals surface area contributed by atoms with Crippen molar-refractivity contribution in [3.8, 4) is 5.75 Å². The van der Waals surface area contributed by atoms with Crippen molar-refractivity contribution in [3.63, 3.8) is 0 Å². The van der Waals surface area contributed by atoms with Gasteiger partial charge in [0, 0.05) is 30.1 Å². The van der Waals surface area contributed by atoms with Crippen LogP contribution < -0.4 is 15.4 Å². The second kappa shape index (κ2) is 7.06. The van der Waals surface area contributed by atoms with Crippen molar-refractivity contribution >= 4 is 11.8 Å². The lowest BCUT2D eigenvalue weighted by Crippen LogP contribution is -2.39. The molecule has 2 aromatic rings. The van der Waals surface area contributed by atoms with Gasteiger partial charge >= 0.3 is 0 Å². The zero-order chi connectivity index (χ0) is 19.0. The van der Waals surface area contributed by atoms with Gasteiger partial charge in [0.15, 0.2) is 0 Å². The summed E-state index contributed by atoms with van der Waals surface area (Å²) in [6.07, 6.45) is 3.08. The topological polar surface area (TPSA) is 67.4 Å². The maximum absolute atomic E-state index is 12.8. The van der Waals surface area contributed by atoms with Crippen LogP contribution in [-0.2, 0) is 0 Å². The fourth-order valence-corrected chi connectivity index (χ4v) is 3.89. The van der Waals surface area contributed by atoms with Crippen molar-refractivity contribution in [3.05, 3.63) is 64.7 Å². The Hall–Kier alpha value is -2.82. The number of benzene rings is 2. The third-order valence-electron chi connectivity index (χ3n) is 5.56. The molecule has 1 aliphatic heterocycles. The number of ether oxygens (including phenoxy) is 1. The molecule has 5 nitrogen and oxygen atoms in total. The molecule has 0 saturated heterocycles. The van der Waals surface area contributed by atoms with Gasteiger partial charge in [0.25, 0.3) is 11.8 Å². The van der Waals surface area contributed by atoms with Crippen LogP contribution in [0, 0.1) is 0 Å². The summed E-state index contributed by atoms with van der Waals surface area (Å²) < 4.78 is 6.08. The van der Waals surface area contributed by atoms with E-state index in [9.17, 15) is 9.59 Å². The zero-order valence-electron chi connectivity index (χ0n) is 15.6. The quantitative estimate of drug-likeness (QED) is 0.875. The van der Waals surface area contributed by atoms with Crippen LogP contribution in [0.25, 0.3) is 0 Å². The van der Waals surface area contributed by atoms with Crippen molar-refractivity contribution in [2.24, 2.45) is 0 Å². The smallest absolute Gasteiger partial charge is 0.254 e. The van der Waals surface area contributed by atoms with Crippen LogP contribution in [0.15, 0.2) is 42.5 Å². The number of rotatable bonds is 4. The minimum absolute atomic E-state index is 0.0129. The van der Waals surface area contributed by atoms with E-state index in [1.165, 1.54) is 0 Å². The monoisotopic (exact) mass is 364 g/mol. The summed E-state index contributed by atoms with van der Waals surface area (Å²) >= 11 is 0. The molecule has 1 heterocycles. The van der Waals surface area contributed by atoms with Gasteiger partial charge in [-0.05, 0) is 43.9 Å². The number of carbonyl (C=O) groups is 2. The van der Waals surface area contributed by atoms with E-state index in [0.29, 0.717) is 16.9 Å². The van der Waals surface area contributed by atoms with Gasteiger partial charge in [-0.3, -0.25) is 9.59 Å². The molecule has 140 valence electrons. The zero-order valence-corrected chi connectivity index (χ0v) is 15.6. The first-order valence-corrected chi connectivity index (χ1v) is 9.51. The van der Waals surface area contributed by atoms with Crippen molar-refractivity contribution in [2.45, 2.75) is 44.2 Å². The van der Waals surface area contributed by atoms with Crippen LogP contribution in [0.4, 0.5) is 0 Å². The molecule has 0 bridgehead atoms. The molecule has 0 spiro atoms. The molecular weight excluding hydrogens is 340 g/mol. The van der Waals surface area contributed by atoms with Gasteiger partial charge in [0.2, 0.25) is 0 Å². The van der Waals surface area contributed by atoms with Gasteiger partial charge in [-0.15, -0.1) is 0 Å². The summed E-state index contributed by atoms with van der Waals surface area (Å²) in [5.74, 6) is 0.196.